The van der Waals surface area contributed by atoms with E-state index in [1.54, 1.807) is 11.3 Å². The van der Waals surface area contributed by atoms with E-state index < -0.39 is 0 Å². The standard InChI is InChI=1S/C16H22N4S/c1-12-13(2)21-15(19-12)11-18-16(20(3)4)17-10-14-8-6-5-7-9-14/h5-9H,10-11H2,1-4H3,(H,17,18). The van der Waals surface area contributed by atoms with Crippen molar-refractivity contribution in [1.82, 2.24) is 15.2 Å². The summed E-state index contributed by atoms with van der Waals surface area (Å²) >= 11 is 1.74. The van der Waals surface area contributed by atoms with Crippen LogP contribution >= 0.6 is 11.3 Å². The number of aromatic nitrogens is 1. The first-order chi connectivity index (χ1) is 10.1. The fourth-order valence-electron chi connectivity index (χ4n) is 1.87. The van der Waals surface area contributed by atoms with Crippen LogP contribution in [0.15, 0.2) is 35.3 Å². The Morgan fingerprint density at radius 3 is 2.52 bits per heavy atom. The highest BCUT2D eigenvalue weighted by Gasteiger charge is 2.06. The number of thiazole rings is 1. The summed E-state index contributed by atoms with van der Waals surface area (Å²) in [4.78, 5) is 12.5. The molecule has 0 saturated heterocycles. The SMILES string of the molecule is Cc1nc(CNC(=NCc2ccccc2)N(C)C)sc1C. The Bertz CT molecular complexity index is 582. The number of hydrogen-bond acceptors (Lipinski definition) is 3. The van der Waals surface area contributed by atoms with Crippen LogP contribution in [0.2, 0.25) is 0 Å². The van der Waals surface area contributed by atoms with E-state index in [2.05, 4.69) is 34.3 Å². The number of aryl methyl sites for hydroxylation is 2. The minimum absolute atomic E-state index is 0.678. The molecule has 1 heterocycles. The zero-order valence-electron chi connectivity index (χ0n) is 13.1. The van der Waals surface area contributed by atoms with Gasteiger partial charge in [0.2, 0.25) is 0 Å². The summed E-state index contributed by atoms with van der Waals surface area (Å²) in [6.07, 6.45) is 0. The fourth-order valence-corrected chi connectivity index (χ4v) is 2.75. The molecule has 21 heavy (non-hydrogen) atoms. The van der Waals surface area contributed by atoms with Crippen molar-refractivity contribution in [3.05, 3.63) is 51.5 Å². The van der Waals surface area contributed by atoms with Crippen LogP contribution in [0.25, 0.3) is 0 Å². The van der Waals surface area contributed by atoms with Crippen LogP contribution < -0.4 is 5.32 Å². The van der Waals surface area contributed by atoms with Gasteiger partial charge in [-0.05, 0) is 19.4 Å². The van der Waals surface area contributed by atoms with Crippen LogP contribution in [0, 0.1) is 13.8 Å². The second kappa shape index (κ2) is 7.22. The number of rotatable bonds is 4. The van der Waals surface area contributed by atoms with E-state index in [0.717, 1.165) is 16.7 Å². The largest absolute Gasteiger partial charge is 0.350 e. The van der Waals surface area contributed by atoms with Crippen LogP contribution in [0.5, 0.6) is 0 Å². The molecule has 0 fully saturated rings. The van der Waals surface area contributed by atoms with E-state index >= 15 is 0 Å². The number of nitrogens with one attached hydrogen (secondary N) is 1. The average molecular weight is 302 g/mol. The molecule has 2 aromatic rings. The van der Waals surface area contributed by atoms with Crippen LogP contribution in [0.4, 0.5) is 0 Å². The summed E-state index contributed by atoms with van der Waals surface area (Å²) in [6, 6.07) is 10.3. The topological polar surface area (TPSA) is 40.5 Å². The van der Waals surface area contributed by atoms with Gasteiger partial charge in [-0.15, -0.1) is 11.3 Å². The second-order valence-electron chi connectivity index (χ2n) is 5.12. The van der Waals surface area contributed by atoms with E-state index in [9.17, 15) is 0 Å². The molecule has 112 valence electrons. The minimum atomic E-state index is 0.678. The normalized spacial score (nSPS) is 11.5. The van der Waals surface area contributed by atoms with E-state index in [4.69, 9.17) is 0 Å². The van der Waals surface area contributed by atoms with Crippen molar-refractivity contribution in [2.24, 2.45) is 4.99 Å². The van der Waals surface area contributed by atoms with Crippen molar-refractivity contribution >= 4 is 17.3 Å². The Balaban J connectivity index is 1.98. The molecule has 0 spiro atoms. The van der Waals surface area contributed by atoms with Gasteiger partial charge in [0, 0.05) is 19.0 Å². The summed E-state index contributed by atoms with van der Waals surface area (Å²) in [5, 5.41) is 4.47. The van der Waals surface area contributed by atoms with E-state index in [-0.39, 0.29) is 0 Å². The molecule has 0 aliphatic carbocycles. The maximum absolute atomic E-state index is 4.65. The molecule has 2 rings (SSSR count). The number of nitrogens with zero attached hydrogens (tertiary/aromatic N) is 3. The van der Waals surface area contributed by atoms with Gasteiger partial charge < -0.3 is 10.2 Å². The fraction of sp³-hybridized carbons (Fsp3) is 0.375. The third-order valence-corrected chi connectivity index (χ3v) is 4.22. The van der Waals surface area contributed by atoms with Crippen molar-refractivity contribution in [1.29, 1.82) is 0 Å². The molecule has 0 amide bonds. The van der Waals surface area contributed by atoms with Gasteiger partial charge in [-0.2, -0.15) is 0 Å². The molecule has 1 aromatic carbocycles. The van der Waals surface area contributed by atoms with Crippen LogP contribution in [-0.4, -0.2) is 29.9 Å². The molecule has 0 unspecified atom stereocenters. The van der Waals surface area contributed by atoms with Crippen LogP contribution in [0.1, 0.15) is 21.1 Å². The molecule has 5 heteroatoms. The number of benzene rings is 1. The molecule has 0 radical (unpaired) electrons. The van der Waals surface area contributed by atoms with Crippen molar-refractivity contribution < 1.29 is 0 Å². The first kappa shape index (κ1) is 15.5. The van der Waals surface area contributed by atoms with Gasteiger partial charge in [-0.1, -0.05) is 30.3 Å². The monoisotopic (exact) mass is 302 g/mol. The van der Waals surface area contributed by atoms with Gasteiger partial charge in [-0.25, -0.2) is 9.98 Å². The number of guanidine groups is 1. The highest BCUT2D eigenvalue weighted by Crippen LogP contribution is 2.16. The third kappa shape index (κ3) is 4.56. The molecule has 4 nitrogen and oxygen atoms in total. The summed E-state index contributed by atoms with van der Waals surface area (Å²) < 4.78 is 0. The van der Waals surface area contributed by atoms with Crippen LogP contribution in [0.3, 0.4) is 0 Å². The van der Waals surface area contributed by atoms with Crippen molar-refractivity contribution in [2.45, 2.75) is 26.9 Å². The van der Waals surface area contributed by atoms with Crippen molar-refractivity contribution in [2.75, 3.05) is 14.1 Å². The lowest BCUT2D eigenvalue weighted by Gasteiger charge is -2.17. The van der Waals surface area contributed by atoms with E-state index in [1.165, 1.54) is 10.4 Å². The minimum Gasteiger partial charge on any atom is -0.350 e. The van der Waals surface area contributed by atoms with E-state index in [0.29, 0.717) is 13.1 Å². The summed E-state index contributed by atoms with van der Waals surface area (Å²) in [5.74, 6) is 0.879. The predicted octanol–water partition coefficient (Wildman–Crippen LogP) is 2.97. The van der Waals surface area contributed by atoms with Crippen molar-refractivity contribution in [3.8, 4) is 0 Å². The third-order valence-electron chi connectivity index (χ3n) is 3.15. The zero-order chi connectivity index (χ0) is 15.2. The van der Waals surface area contributed by atoms with Gasteiger partial charge >= 0.3 is 0 Å². The summed E-state index contributed by atoms with van der Waals surface area (Å²) in [7, 11) is 3.99. The van der Waals surface area contributed by atoms with Gasteiger partial charge in [0.1, 0.15) is 5.01 Å². The number of hydrogen-bond donors (Lipinski definition) is 1. The maximum atomic E-state index is 4.65. The average Bonchev–Trinajstić information content (AvgIpc) is 2.78. The van der Waals surface area contributed by atoms with E-state index in [1.807, 2.05) is 44.1 Å². The lowest BCUT2D eigenvalue weighted by Crippen LogP contribution is -2.36. The highest BCUT2D eigenvalue weighted by molar-refractivity contribution is 7.11. The highest BCUT2D eigenvalue weighted by atomic mass is 32.1. The summed E-state index contributed by atoms with van der Waals surface area (Å²) in [6.45, 7) is 5.54. The Morgan fingerprint density at radius 1 is 1.24 bits per heavy atom. The lowest BCUT2D eigenvalue weighted by atomic mass is 10.2. The smallest absolute Gasteiger partial charge is 0.194 e. The first-order valence-corrected chi connectivity index (χ1v) is 7.80. The molecule has 0 saturated carbocycles. The maximum Gasteiger partial charge on any atom is 0.194 e. The molecule has 1 aromatic heterocycles. The molecule has 0 bridgehead atoms. The molecule has 0 aliphatic rings. The van der Waals surface area contributed by atoms with Gasteiger partial charge in [0.25, 0.3) is 0 Å². The number of aliphatic imine (C=N–C) groups is 1. The first-order valence-electron chi connectivity index (χ1n) is 6.98. The Kier molecular flexibility index (Phi) is 5.33. The van der Waals surface area contributed by atoms with Gasteiger partial charge in [0.05, 0.1) is 18.8 Å². The molecule has 1 N–H and O–H groups in total. The summed E-state index contributed by atoms with van der Waals surface area (Å²) in [5.41, 5.74) is 2.32. The van der Waals surface area contributed by atoms with Gasteiger partial charge in [-0.3, -0.25) is 0 Å². The Labute approximate surface area is 130 Å². The van der Waals surface area contributed by atoms with Crippen LogP contribution in [-0.2, 0) is 13.1 Å². The predicted molar refractivity (Wildman–Crippen MR) is 89.7 cm³/mol. The molecular weight excluding hydrogens is 280 g/mol. The quantitative estimate of drug-likeness (QED) is 0.697. The zero-order valence-corrected chi connectivity index (χ0v) is 13.9. The second-order valence-corrected chi connectivity index (χ2v) is 6.41. The molecule has 0 atom stereocenters. The van der Waals surface area contributed by atoms with Crippen molar-refractivity contribution in [3.63, 3.8) is 0 Å². The lowest BCUT2D eigenvalue weighted by molar-refractivity contribution is 0.578. The van der Waals surface area contributed by atoms with Gasteiger partial charge in [0.15, 0.2) is 5.96 Å². The molecule has 0 aliphatic heterocycles. The Hall–Kier alpha value is -1.88. The Morgan fingerprint density at radius 2 is 1.95 bits per heavy atom. The molecular formula is C16H22N4S.